The van der Waals surface area contributed by atoms with Gasteiger partial charge in [-0.2, -0.15) is 11.8 Å². The largest absolute Gasteiger partial charge is 0.390 e. The van der Waals surface area contributed by atoms with Crippen LogP contribution in [0.3, 0.4) is 0 Å². The lowest BCUT2D eigenvalue weighted by molar-refractivity contribution is 0.0152. The Morgan fingerprint density at radius 3 is 2.23 bits per heavy atom. The van der Waals surface area contributed by atoms with Crippen LogP contribution in [0.2, 0.25) is 0 Å². The molecule has 0 fully saturated rings. The van der Waals surface area contributed by atoms with Crippen LogP contribution in [0.1, 0.15) is 34.6 Å². The van der Waals surface area contributed by atoms with Gasteiger partial charge in [-0.05, 0) is 13.8 Å². The third-order valence-electron chi connectivity index (χ3n) is 1.33. The Morgan fingerprint density at radius 2 is 1.85 bits per heavy atom. The first kappa shape index (κ1) is 13.3. The molecule has 0 heterocycles. The highest BCUT2D eigenvalue weighted by atomic mass is 32.2. The first-order chi connectivity index (χ1) is 5.81. The van der Waals surface area contributed by atoms with Crippen molar-refractivity contribution in [3.63, 3.8) is 0 Å². The van der Waals surface area contributed by atoms with E-state index < -0.39 is 0 Å². The van der Waals surface area contributed by atoms with Crippen molar-refractivity contribution < 1.29 is 9.84 Å². The van der Waals surface area contributed by atoms with Gasteiger partial charge in [0.25, 0.3) is 0 Å². The van der Waals surface area contributed by atoms with Crippen LogP contribution in [0.5, 0.6) is 0 Å². The molecule has 0 bridgehead atoms. The van der Waals surface area contributed by atoms with E-state index in [4.69, 9.17) is 4.74 Å². The Labute approximate surface area is 86.1 Å². The predicted octanol–water partition coefficient (Wildman–Crippen LogP) is 2.30. The molecule has 0 aliphatic carbocycles. The van der Waals surface area contributed by atoms with E-state index in [2.05, 4.69) is 20.8 Å². The van der Waals surface area contributed by atoms with Gasteiger partial charge in [0.2, 0.25) is 0 Å². The lowest BCUT2D eigenvalue weighted by atomic mass is 10.3. The number of aliphatic hydroxyl groups excluding tert-OH is 1. The van der Waals surface area contributed by atoms with Gasteiger partial charge in [-0.1, -0.05) is 20.8 Å². The highest BCUT2D eigenvalue weighted by Crippen LogP contribution is 2.23. The van der Waals surface area contributed by atoms with E-state index in [1.54, 1.807) is 11.8 Å². The zero-order valence-electron chi connectivity index (χ0n) is 9.33. The van der Waals surface area contributed by atoms with Crippen LogP contribution in [-0.4, -0.2) is 34.4 Å². The average Bonchev–Trinajstić information content (AvgIpc) is 1.95. The fraction of sp³-hybridized carbons (Fsp3) is 1.00. The summed E-state index contributed by atoms with van der Waals surface area (Å²) in [5, 5.41) is 9.52. The fourth-order valence-corrected chi connectivity index (χ4v) is 1.49. The maximum Gasteiger partial charge on any atom is 0.0864 e. The summed E-state index contributed by atoms with van der Waals surface area (Å²) in [6.07, 6.45) is -0.138. The molecule has 1 atom stereocenters. The second-order valence-corrected chi connectivity index (χ2v) is 6.31. The monoisotopic (exact) mass is 206 g/mol. The average molecular weight is 206 g/mol. The minimum Gasteiger partial charge on any atom is -0.390 e. The van der Waals surface area contributed by atoms with Crippen molar-refractivity contribution in [1.29, 1.82) is 0 Å². The van der Waals surface area contributed by atoms with Crippen LogP contribution in [0.25, 0.3) is 0 Å². The van der Waals surface area contributed by atoms with Crippen molar-refractivity contribution in [3.05, 3.63) is 0 Å². The molecule has 0 radical (unpaired) electrons. The smallest absolute Gasteiger partial charge is 0.0864 e. The molecule has 0 aromatic heterocycles. The number of hydrogen-bond acceptors (Lipinski definition) is 3. The third kappa shape index (κ3) is 10.2. The molecule has 0 saturated heterocycles. The van der Waals surface area contributed by atoms with Crippen LogP contribution in [0.4, 0.5) is 0 Å². The minimum atomic E-state index is -0.341. The van der Waals surface area contributed by atoms with Crippen molar-refractivity contribution >= 4 is 11.8 Å². The minimum absolute atomic E-state index is 0.203. The van der Waals surface area contributed by atoms with Gasteiger partial charge in [0.05, 0.1) is 18.8 Å². The van der Waals surface area contributed by atoms with Gasteiger partial charge < -0.3 is 9.84 Å². The summed E-state index contributed by atoms with van der Waals surface area (Å²) in [5.74, 6) is 0.746. The number of rotatable bonds is 5. The van der Waals surface area contributed by atoms with Crippen LogP contribution in [0.15, 0.2) is 0 Å². The fourth-order valence-electron chi connectivity index (χ4n) is 0.698. The van der Waals surface area contributed by atoms with Crippen molar-refractivity contribution in [1.82, 2.24) is 0 Å². The molecule has 2 nitrogen and oxygen atoms in total. The van der Waals surface area contributed by atoms with Gasteiger partial charge in [-0.25, -0.2) is 0 Å². The van der Waals surface area contributed by atoms with Crippen LogP contribution in [0, 0.1) is 0 Å². The molecule has 13 heavy (non-hydrogen) atoms. The topological polar surface area (TPSA) is 29.5 Å². The number of hydrogen-bond donors (Lipinski definition) is 1. The Bertz CT molecular complexity index is 129. The van der Waals surface area contributed by atoms with E-state index >= 15 is 0 Å². The quantitative estimate of drug-likeness (QED) is 0.748. The molecule has 1 unspecified atom stereocenters. The lowest BCUT2D eigenvalue weighted by Crippen LogP contribution is -2.23. The summed E-state index contributed by atoms with van der Waals surface area (Å²) < 4.78 is 5.53. The molecule has 0 aliphatic heterocycles. The maximum absolute atomic E-state index is 9.52. The van der Waals surface area contributed by atoms with Gasteiger partial charge in [-0.3, -0.25) is 0 Å². The van der Waals surface area contributed by atoms with Crippen molar-refractivity contribution in [2.45, 2.75) is 51.6 Å². The number of aliphatic hydroxyl groups is 1. The van der Waals surface area contributed by atoms with E-state index in [0.29, 0.717) is 6.61 Å². The Balaban J connectivity index is 3.46. The zero-order chi connectivity index (χ0) is 10.5. The predicted molar refractivity (Wildman–Crippen MR) is 59.3 cm³/mol. The molecule has 3 heteroatoms. The van der Waals surface area contributed by atoms with E-state index in [9.17, 15) is 5.11 Å². The van der Waals surface area contributed by atoms with Crippen molar-refractivity contribution in [2.24, 2.45) is 0 Å². The molecule has 0 aromatic carbocycles. The third-order valence-corrected chi connectivity index (χ3v) is 2.75. The molecule has 1 N–H and O–H groups in total. The van der Waals surface area contributed by atoms with Gasteiger partial charge in [0.15, 0.2) is 0 Å². The van der Waals surface area contributed by atoms with Crippen molar-refractivity contribution in [3.8, 4) is 0 Å². The summed E-state index contributed by atoms with van der Waals surface area (Å²) >= 11 is 1.76. The second-order valence-electron chi connectivity index (χ2n) is 4.46. The molecular formula is C10H22O2S. The van der Waals surface area contributed by atoms with Gasteiger partial charge in [0, 0.05) is 10.5 Å². The number of ether oxygens (including phenoxy) is 1. The van der Waals surface area contributed by atoms with Gasteiger partial charge in [-0.15, -0.1) is 0 Å². The Morgan fingerprint density at radius 1 is 1.31 bits per heavy atom. The van der Waals surface area contributed by atoms with Gasteiger partial charge >= 0.3 is 0 Å². The van der Waals surface area contributed by atoms with E-state index in [1.807, 2.05) is 13.8 Å². The Kier molecular flexibility index (Phi) is 6.01. The molecule has 0 amide bonds. The second kappa shape index (κ2) is 5.89. The highest BCUT2D eigenvalue weighted by Gasteiger charge is 2.14. The van der Waals surface area contributed by atoms with Crippen molar-refractivity contribution in [2.75, 3.05) is 12.4 Å². The van der Waals surface area contributed by atoms with E-state index in [1.165, 1.54) is 0 Å². The normalized spacial score (nSPS) is 15.0. The highest BCUT2D eigenvalue weighted by molar-refractivity contribution is 8.00. The summed E-state index contributed by atoms with van der Waals surface area (Å²) in [6.45, 7) is 10.8. The molecule has 0 aromatic rings. The Hall–Kier alpha value is 0.270. The van der Waals surface area contributed by atoms with Gasteiger partial charge in [0.1, 0.15) is 0 Å². The SMILES string of the molecule is CC(C)OCC(O)CSC(C)(C)C. The maximum atomic E-state index is 9.52. The van der Waals surface area contributed by atoms with E-state index in [0.717, 1.165) is 5.75 Å². The molecule has 0 aliphatic rings. The summed E-state index contributed by atoms with van der Waals surface area (Å²) in [6, 6.07) is 0. The molecule has 80 valence electrons. The zero-order valence-corrected chi connectivity index (χ0v) is 10.1. The summed E-state index contributed by atoms with van der Waals surface area (Å²) in [4.78, 5) is 0. The standard InChI is InChI=1S/C10H22O2S/c1-8(2)12-6-9(11)7-13-10(3,4)5/h8-9,11H,6-7H2,1-5H3. The molecule has 0 spiro atoms. The van der Waals surface area contributed by atoms with Crippen LogP contribution in [-0.2, 0) is 4.74 Å². The summed E-state index contributed by atoms with van der Waals surface area (Å²) in [7, 11) is 0. The first-order valence-electron chi connectivity index (χ1n) is 4.75. The molecule has 0 rings (SSSR count). The molecular weight excluding hydrogens is 184 g/mol. The lowest BCUT2D eigenvalue weighted by Gasteiger charge is -2.20. The first-order valence-corrected chi connectivity index (χ1v) is 5.73. The van der Waals surface area contributed by atoms with Crippen LogP contribution < -0.4 is 0 Å². The van der Waals surface area contributed by atoms with E-state index in [-0.39, 0.29) is 17.0 Å². The summed E-state index contributed by atoms with van der Waals surface area (Å²) in [5.41, 5.74) is 0. The van der Waals surface area contributed by atoms with Crippen LogP contribution >= 0.6 is 11.8 Å². The number of thioether (sulfide) groups is 1. The molecule has 0 saturated carbocycles.